The predicted molar refractivity (Wildman–Crippen MR) is 151 cm³/mol. The lowest BCUT2D eigenvalue weighted by molar-refractivity contribution is 0.104. The molecule has 0 radical (unpaired) electrons. The first kappa shape index (κ1) is 22.1. The quantitative estimate of drug-likeness (QED) is 0.358. The summed E-state index contributed by atoms with van der Waals surface area (Å²) in [7, 11) is 0. The zero-order valence-electron chi connectivity index (χ0n) is 20.8. The van der Waals surface area contributed by atoms with Crippen LogP contribution in [0.1, 0.15) is 36.7 Å². The summed E-state index contributed by atoms with van der Waals surface area (Å²) in [4.78, 5) is 18.7. The summed E-state index contributed by atoms with van der Waals surface area (Å²) >= 11 is 0. The van der Waals surface area contributed by atoms with Crippen LogP contribution >= 0.6 is 0 Å². The average Bonchev–Trinajstić information content (AvgIpc) is 3.36. The third-order valence-electron chi connectivity index (χ3n) is 7.21. The molecule has 0 saturated carbocycles. The molecule has 3 nitrogen and oxygen atoms in total. The zero-order chi connectivity index (χ0) is 25.0. The molecule has 1 heterocycles. The van der Waals surface area contributed by atoms with E-state index in [0.717, 1.165) is 61.9 Å². The van der Waals surface area contributed by atoms with Crippen molar-refractivity contribution in [2.24, 2.45) is 0 Å². The minimum atomic E-state index is 0.0988. The van der Waals surface area contributed by atoms with E-state index < -0.39 is 0 Å². The number of fused-ring (bicyclic) bond motifs is 5. The van der Waals surface area contributed by atoms with E-state index in [1.54, 1.807) is 6.08 Å². The van der Waals surface area contributed by atoms with Gasteiger partial charge in [-0.25, -0.2) is 0 Å². The molecule has 0 spiro atoms. The Morgan fingerprint density at radius 2 is 1.42 bits per heavy atom. The molecule has 176 valence electrons. The Bertz CT molecular complexity index is 1520. The van der Waals surface area contributed by atoms with Gasteiger partial charge in [0.2, 0.25) is 0 Å². The van der Waals surface area contributed by atoms with Crippen molar-refractivity contribution < 1.29 is 4.79 Å². The molecule has 0 atom stereocenters. The largest absolute Gasteiger partial charge is 0.336 e. The molecule has 0 N–H and O–H groups in total. The summed E-state index contributed by atoms with van der Waals surface area (Å²) < 4.78 is 0. The molecule has 0 amide bonds. The smallest absolute Gasteiger partial charge is 0.196 e. The summed E-state index contributed by atoms with van der Waals surface area (Å²) in [6, 6.07) is 23.5. The van der Waals surface area contributed by atoms with Gasteiger partial charge in [-0.2, -0.15) is 0 Å². The van der Waals surface area contributed by atoms with Gasteiger partial charge in [0.1, 0.15) is 0 Å². The number of ketones is 1. The van der Waals surface area contributed by atoms with Crippen LogP contribution in [-0.2, 0) is 0 Å². The van der Waals surface area contributed by atoms with Gasteiger partial charge in [-0.3, -0.25) is 4.79 Å². The number of rotatable bonds is 4. The highest BCUT2D eigenvalue weighted by atomic mass is 16.1. The second-order valence-corrected chi connectivity index (χ2v) is 9.61. The molecular formula is C33H28N2O. The maximum Gasteiger partial charge on any atom is 0.196 e. The lowest BCUT2D eigenvalue weighted by Crippen LogP contribution is -2.32. The number of anilines is 5. The summed E-state index contributed by atoms with van der Waals surface area (Å²) in [5.74, 6) is 0.0988. The van der Waals surface area contributed by atoms with Gasteiger partial charge in [0.25, 0.3) is 0 Å². The summed E-state index contributed by atoms with van der Waals surface area (Å²) in [5, 5.41) is 0. The third-order valence-corrected chi connectivity index (χ3v) is 7.21. The van der Waals surface area contributed by atoms with Gasteiger partial charge < -0.3 is 9.80 Å². The molecule has 3 heteroatoms. The minimum Gasteiger partial charge on any atom is -0.336 e. The van der Waals surface area contributed by atoms with Gasteiger partial charge in [-0.05, 0) is 79.5 Å². The first-order valence-corrected chi connectivity index (χ1v) is 12.4. The van der Waals surface area contributed by atoms with Crippen LogP contribution in [0.5, 0.6) is 0 Å². The Morgan fingerprint density at radius 1 is 0.806 bits per heavy atom. The van der Waals surface area contributed by atoms with Crippen LogP contribution in [0, 0.1) is 0 Å². The fraction of sp³-hybridized carbons (Fsp3) is 0.121. The third kappa shape index (κ3) is 3.09. The van der Waals surface area contributed by atoms with Crippen molar-refractivity contribution in [3.8, 4) is 0 Å². The van der Waals surface area contributed by atoms with E-state index in [1.807, 2.05) is 25.2 Å². The summed E-state index contributed by atoms with van der Waals surface area (Å²) in [6.45, 7) is 10.2. The number of nitrogens with zero attached hydrogens (tertiary/aromatic N) is 2. The van der Waals surface area contributed by atoms with Crippen LogP contribution in [0.4, 0.5) is 28.4 Å². The van der Waals surface area contributed by atoms with Crippen LogP contribution in [-0.4, -0.2) is 11.8 Å². The van der Waals surface area contributed by atoms with E-state index in [4.69, 9.17) is 0 Å². The van der Waals surface area contributed by atoms with Crippen LogP contribution in [0.15, 0.2) is 120 Å². The van der Waals surface area contributed by atoms with E-state index >= 15 is 0 Å². The van der Waals surface area contributed by atoms with Crippen molar-refractivity contribution in [3.05, 3.63) is 132 Å². The molecule has 3 aromatic rings. The molecule has 0 bridgehead atoms. The molecule has 0 fully saturated rings. The fourth-order valence-corrected chi connectivity index (χ4v) is 5.70. The highest BCUT2D eigenvalue weighted by Crippen LogP contribution is 2.55. The maximum absolute atomic E-state index is 14.0. The number of allylic oxidation sites excluding steroid dienone is 9. The Kier molecular flexibility index (Phi) is 5.15. The molecule has 0 saturated heterocycles. The number of Topliss-reactive ketones (excluding diaryl/α,β-unsaturated/α-hetero) is 1. The molecule has 1 aliphatic heterocycles. The van der Waals surface area contributed by atoms with E-state index in [1.165, 1.54) is 0 Å². The fourth-order valence-electron chi connectivity index (χ4n) is 5.70. The molecule has 3 aromatic carbocycles. The Morgan fingerprint density at radius 3 is 2.03 bits per heavy atom. The Labute approximate surface area is 212 Å². The Hall–Kier alpha value is -4.37. The lowest BCUT2D eigenvalue weighted by Gasteiger charge is -2.42. The van der Waals surface area contributed by atoms with Crippen LogP contribution in [0.3, 0.4) is 0 Å². The highest BCUT2D eigenvalue weighted by molar-refractivity contribution is 6.31. The Balaban J connectivity index is 1.58. The number of carbonyl (C=O) groups excluding carboxylic acids is 1. The molecule has 0 unspecified atom stereocenters. The zero-order valence-corrected chi connectivity index (χ0v) is 20.8. The highest BCUT2D eigenvalue weighted by Gasteiger charge is 2.40. The lowest BCUT2D eigenvalue weighted by atomic mass is 9.99. The van der Waals surface area contributed by atoms with Crippen molar-refractivity contribution in [2.45, 2.75) is 26.8 Å². The molecule has 6 rings (SSSR count). The van der Waals surface area contributed by atoms with Crippen molar-refractivity contribution in [2.75, 3.05) is 9.80 Å². The SMILES string of the molecule is C=C/C=C\C=C1\C=C2C(=C1C)C(=O)c1c2cccc1N1c2ccccc2N(C(C)C)c2ccccc21. The molecule has 3 aliphatic rings. The summed E-state index contributed by atoms with van der Waals surface area (Å²) in [5.41, 5.74) is 11.1. The first-order chi connectivity index (χ1) is 17.5. The number of hydrogen-bond acceptors (Lipinski definition) is 3. The molecule has 0 aromatic heterocycles. The van der Waals surface area contributed by atoms with Crippen molar-refractivity contribution in [1.82, 2.24) is 0 Å². The monoisotopic (exact) mass is 468 g/mol. The standard InChI is InChI=1S/C33H28N2O/c1-5-6-7-13-23-20-25-24-14-12-19-30(32(24)33(36)31(25)22(23)4)35-28-17-10-8-15-26(28)34(21(2)3)27-16-9-11-18-29(27)35/h5-21H,1H2,2-4H3/b7-6-,23-13-. The molecule has 2 aliphatic carbocycles. The minimum absolute atomic E-state index is 0.0988. The maximum atomic E-state index is 14.0. The first-order valence-electron chi connectivity index (χ1n) is 12.4. The summed E-state index contributed by atoms with van der Waals surface area (Å²) in [6.07, 6.45) is 9.81. The van der Waals surface area contributed by atoms with Crippen LogP contribution in [0.2, 0.25) is 0 Å². The van der Waals surface area contributed by atoms with E-state index in [-0.39, 0.29) is 11.8 Å². The number of hydrogen-bond donors (Lipinski definition) is 0. The topological polar surface area (TPSA) is 23.6 Å². The van der Waals surface area contributed by atoms with Gasteiger partial charge in [-0.1, -0.05) is 67.3 Å². The van der Waals surface area contributed by atoms with Crippen LogP contribution in [0.25, 0.3) is 5.57 Å². The van der Waals surface area contributed by atoms with E-state index in [9.17, 15) is 4.79 Å². The van der Waals surface area contributed by atoms with Gasteiger partial charge in [0.15, 0.2) is 5.78 Å². The normalized spacial score (nSPS) is 17.1. The van der Waals surface area contributed by atoms with E-state index in [0.29, 0.717) is 0 Å². The van der Waals surface area contributed by atoms with Gasteiger partial charge in [0, 0.05) is 11.6 Å². The van der Waals surface area contributed by atoms with Crippen molar-refractivity contribution in [3.63, 3.8) is 0 Å². The van der Waals surface area contributed by atoms with E-state index in [2.05, 4.69) is 103 Å². The predicted octanol–water partition coefficient (Wildman–Crippen LogP) is 8.59. The second kappa shape index (κ2) is 8.39. The van der Waals surface area contributed by atoms with Gasteiger partial charge in [-0.15, -0.1) is 0 Å². The van der Waals surface area contributed by atoms with Crippen LogP contribution < -0.4 is 9.80 Å². The molecule has 36 heavy (non-hydrogen) atoms. The van der Waals surface area contributed by atoms with Gasteiger partial charge >= 0.3 is 0 Å². The number of benzene rings is 3. The van der Waals surface area contributed by atoms with Crippen molar-refractivity contribution in [1.29, 1.82) is 0 Å². The number of carbonyl (C=O) groups is 1. The second-order valence-electron chi connectivity index (χ2n) is 9.61. The average molecular weight is 469 g/mol. The number of para-hydroxylation sites is 4. The molecular weight excluding hydrogens is 440 g/mol. The van der Waals surface area contributed by atoms with Gasteiger partial charge in [0.05, 0.1) is 34.0 Å². The van der Waals surface area contributed by atoms with Crippen molar-refractivity contribution >= 4 is 39.8 Å².